The number of nitrogens with two attached hydrogens (primary N) is 1. The molecule has 5 nitrogen and oxygen atoms in total. The van der Waals surface area contributed by atoms with Gasteiger partial charge in [0.15, 0.2) is 5.13 Å². The highest BCUT2D eigenvalue weighted by Gasteiger charge is 2.17. The first-order valence-electron chi connectivity index (χ1n) is 6.70. The average molecular weight is 345 g/mol. The molecule has 0 unspecified atom stereocenters. The predicted molar refractivity (Wildman–Crippen MR) is 88.8 cm³/mol. The van der Waals surface area contributed by atoms with E-state index in [0.29, 0.717) is 23.8 Å². The molecule has 21 heavy (non-hydrogen) atoms. The molecular weight excluding hydrogens is 328 g/mol. The third kappa shape index (κ3) is 3.79. The van der Waals surface area contributed by atoms with Crippen LogP contribution in [0.25, 0.3) is 0 Å². The number of nitrogens with zero attached hydrogens (tertiary/aromatic N) is 2. The molecule has 0 radical (unpaired) electrons. The summed E-state index contributed by atoms with van der Waals surface area (Å²) >= 11 is 3.06. The van der Waals surface area contributed by atoms with Gasteiger partial charge in [-0.05, 0) is 32.2 Å². The molecule has 8 heteroatoms. The summed E-state index contributed by atoms with van der Waals surface area (Å²) in [5, 5.41) is 6.21. The van der Waals surface area contributed by atoms with Crippen LogP contribution in [0.5, 0.6) is 0 Å². The van der Waals surface area contributed by atoms with Crippen molar-refractivity contribution in [3.63, 3.8) is 0 Å². The van der Waals surface area contributed by atoms with Gasteiger partial charge in [0, 0.05) is 16.7 Å². The summed E-state index contributed by atoms with van der Waals surface area (Å²) in [5.41, 5.74) is 7.09. The molecule has 0 aromatic carbocycles. The third-order valence-corrected chi connectivity index (χ3v) is 5.19. The summed E-state index contributed by atoms with van der Waals surface area (Å²) in [6.07, 6.45) is 5.23. The highest BCUT2D eigenvalue weighted by atomic mass is 35.5. The molecule has 1 amide bonds. The molecule has 1 aliphatic carbocycles. The Bertz CT molecular complexity index is 602. The van der Waals surface area contributed by atoms with Crippen molar-refractivity contribution in [1.29, 1.82) is 0 Å². The Balaban J connectivity index is 0.00000161. The fourth-order valence-corrected chi connectivity index (χ4v) is 4.06. The Morgan fingerprint density at radius 3 is 2.90 bits per heavy atom. The van der Waals surface area contributed by atoms with Gasteiger partial charge in [-0.2, -0.15) is 0 Å². The van der Waals surface area contributed by atoms with E-state index in [1.807, 2.05) is 0 Å². The summed E-state index contributed by atoms with van der Waals surface area (Å²) in [5.74, 6) is -0.185. The molecule has 114 valence electrons. The van der Waals surface area contributed by atoms with Gasteiger partial charge in [-0.1, -0.05) is 0 Å². The minimum Gasteiger partial charge on any atom is -0.330 e. The zero-order valence-electron chi connectivity index (χ0n) is 11.4. The molecular formula is C13H17ClN4OS2. The fraction of sp³-hybridized carbons (Fsp3) is 0.462. The highest BCUT2D eigenvalue weighted by molar-refractivity contribution is 7.16. The van der Waals surface area contributed by atoms with E-state index in [2.05, 4.69) is 15.3 Å². The molecule has 2 aromatic rings. The Morgan fingerprint density at radius 1 is 1.33 bits per heavy atom. The van der Waals surface area contributed by atoms with E-state index in [-0.39, 0.29) is 18.3 Å². The number of amides is 1. The molecule has 0 saturated heterocycles. The number of thiazole rings is 2. The van der Waals surface area contributed by atoms with Crippen LogP contribution in [0.2, 0.25) is 0 Å². The number of halogens is 1. The van der Waals surface area contributed by atoms with Crippen LogP contribution >= 0.6 is 35.1 Å². The number of fused-ring (bicyclic) bond motifs is 1. The van der Waals surface area contributed by atoms with Crippen LogP contribution in [0, 0.1) is 0 Å². The summed E-state index contributed by atoms with van der Waals surface area (Å²) in [4.78, 5) is 22.2. The van der Waals surface area contributed by atoms with Crippen molar-refractivity contribution in [3.8, 4) is 0 Å². The Morgan fingerprint density at radius 2 is 2.14 bits per heavy atom. The second-order valence-corrected chi connectivity index (χ2v) is 6.74. The van der Waals surface area contributed by atoms with Crippen LogP contribution < -0.4 is 11.1 Å². The lowest BCUT2D eigenvalue weighted by molar-refractivity contribution is 0.102. The minimum atomic E-state index is -0.185. The van der Waals surface area contributed by atoms with Crippen molar-refractivity contribution in [3.05, 3.63) is 26.7 Å². The number of aryl methyl sites for hydroxylation is 2. The van der Waals surface area contributed by atoms with Crippen molar-refractivity contribution < 1.29 is 4.79 Å². The quantitative estimate of drug-likeness (QED) is 0.893. The number of carbonyl (C=O) groups is 1. The van der Waals surface area contributed by atoms with Gasteiger partial charge in [0.2, 0.25) is 0 Å². The lowest BCUT2D eigenvalue weighted by Gasteiger charge is -2.06. The van der Waals surface area contributed by atoms with Crippen LogP contribution in [0.1, 0.15) is 38.9 Å². The average Bonchev–Trinajstić information content (AvgIpc) is 3.04. The normalized spacial score (nSPS) is 13.4. The van der Waals surface area contributed by atoms with E-state index < -0.39 is 0 Å². The Hall–Kier alpha value is -1.02. The van der Waals surface area contributed by atoms with Gasteiger partial charge < -0.3 is 5.73 Å². The Kier molecular flexibility index (Phi) is 5.69. The first-order valence-corrected chi connectivity index (χ1v) is 8.40. The second kappa shape index (κ2) is 7.31. The van der Waals surface area contributed by atoms with E-state index in [4.69, 9.17) is 5.73 Å². The summed E-state index contributed by atoms with van der Waals surface area (Å²) < 4.78 is 0. The van der Waals surface area contributed by atoms with Gasteiger partial charge in [0.05, 0.1) is 10.7 Å². The van der Waals surface area contributed by atoms with E-state index >= 15 is 0 Å². The Labute approximate surface area is 137 Å². The highest BCUT2D eigenvalue weighted by Crippen LogP contribution is 2.29. The van der Waals surface area contributed by atoms with Crippen molar-refractivity contribution in [2.75, 3.05) is 11.9 Å². The minimum absolute atomic E-state index is 0. The van der Waals surface area contributed by atoms with Crippen molar-refractivity contribution in [1.82, 2.24) is 9.97 Å². The molecule has 0 saturated carbocycles. The van der Waals surface area contributed by atoms with Crippen LogP contribution in [-0.2, 0) is 19.3 Å². The van der Waals surface area contributed by atoms with Gasteiger partial charge >= 0.3 is 0 Å². The third-order valence-electron chi connectivity index (χ3n) is 3.21. The number of rotatable bonds is 4. The second-order valence-electron chi connectivity index (χ2n) is 4.72. The number of hydrogen-bond donors (Lipinski definition) is 2. The standard InChI is InChI=1S/C13H16N4OS2.ClH/c14-6-5-11-15-9(7-19-11)12(18)17-13-16-8-3-1-2-4-10(8)20-13;/h7H,1-6,14H2,(H,16,17,18);1H. The zero-order valence-corrected chi connectivity index (χ0v) is 13.9. The van der Waals surface area contributed by atoms with Gasteiger partial charge in [0.25, 0.3) is 5.91 Å². The van der Waals surface area contributed by atoms with Crippen LogP contribution in [0.15, 0.2) is 5.38 Å². The van der Waals surface area contributed by atoms with E-state index in [1.54, 1.807) is 16.7 Å². The first-order chi connectivity index (χ1) is 9.76. The topological polar surface area (TPSA) is 80.9 Å². The number of carbonyl (C=O) groups excluding carboxylic acids is 1. The lowest BCUT2D eigenvalue weighted by Crippen LogP contribution is -2.12. The molecule has 3 rings (SSSR count). The molecule has 0 bridgehead atoms. The maximum atomic E-state index is 12.1. The van der Waals surface area contributed by atoms with E-state index in [9.17, 15) is 4.79 Å². The maximum Gasteiger partial charge on any atom is 0.276 e. The molecule has 0 spiro atoms. The van der Waals surface area contributed by atoms with Crippen molar-refractivity contribution in [2.45, 2.75) is 32.1 Å². The first kappa shape index (κ1) is 16.4. The SMILES string of the molecule is Cl.NCCc1nc(C(=O)Nc2nc3c(s2)CCCC3)cs1. The molecule has 0 aliphatic heterocycles. The monoisotopic (exact) mass is 344 g/mol. The van der Waals surface area contributed by atoms with Crippen LogP contribution in [0.4, 0.5) is 5.13 Å². The maximum absolute atomic E-state index is 12.1. The van der Waals surface area contributed by atoms with Crippen LogP contribution in [-0.4, -0.2) is 22.4 Å². The van der Waals surface area contributed by atoms with Crippen LogP contribution in [0.3, 0.4) is 0 Å². The number of aromatic nitrogens is 2. The van der Waals surface area contributed by atoms with Crippen molar-refractivity contribution in [2.24, 2.45) is 5.73 Å². The smallest absolute Gasteiger partial charge is 0.276 e. The van der Waals surface area contributed by atoms with Gasteiger partial charge in [0.1, 0.15) is 5.69 Å². The largest absolute Gasteiger partial charge is 0.330 e. The predicted octanol–water partition coefficient (Wildman–Crippen LogP) is 2.65. The molecule has 2 aromatic heterocycles. The lowest BCUT2D eigenvalue weighted by atomic mass is 10.0. The molecule has 1 aliphatic rings. The van der Waals surface area contributed by atoms with Crippen molar-refractivity contribution >= 4 is 46.1 Å². The zero-order chi connectivity index (χ0) is 13.9. The van der Waals surface area contributed by atoms with Gasteiger partial charge in [-0.25, -0.2) is 9.97 Å². The van der Waals surface area contributed by atoms with E-state index in [1.165, 1.54) is 29.1 Å². The molecule has 0 fully saturated rings. The summed E-state index contributed by atoms with van der Waals surface area (Å²) in [6, 6.07) is 0. The van der Waals surface area contributed by atoms with Gasteiger partial charge in [-0.3, -0.25) is 10.1 Å². The molecule has 2 heterocycles. The number of nitrogens with one attached hydrogen (secondary N) is 1. The number of hydrogen-bond acceptors (Lipinski definition) is 6. The van der Waals surface area contributed by atoms with E-state index in [0.717, 1.165) is 23.5 Å². The molecule has 3 N–H and O–H groups in total. The summed E-state index contributed by atoms with van der Waals surface area (Å²) in [7, 11) is 0. The summed E-state index contributed by atoms with van der Waals surface area (Å²) in [6.45, 7) is 0.549. The molecule has 0 atom stereocenters. The van der Waals surface area contributed by atoms with Gasteiger partial charge in [-0.15, -0.1) is 35.1 Å². The fourth-order valence-electron chi connectivity index (χ4n) is 2.22. The number of anilines is 1.